The Morgan fingerprint density at radius 2 is 1.52 bits per heavy atom. The fourth-order valence-electron chi connectivity index (χ4n) is 5.14. The van der Waals surface area contributed by atoms with Crippen molar-refractivity contribution >= 4 is 17.7 Å². The highest BCUT2D eigenvalue weighted by molar-refractivity contribution is 5.92. The quantitative estimate of drug-likeness (QED) is 0.199. The maximum Gasteiger partial charge on any atom is 0.242 e. The molecule has 230 valence electrons. The minimum Gasteiger partial charge on any atom is -0.350 e. The molecule has 0 spiro atoms. The number of nitrogens with one attached hydrogen (secondary N) is 2. The molecule has 8 N–H and O–H groups in total. The molecule has 0 radical (unpaired) electrons. The van der Waals surface area contributed by atoms with E-state index in [4.69, 9.17) is 17.2 Å². The van der Waals surface area contributed by atoms with E-state index in [9.17, 15) is 14.4 Å². The Hall–Kier alpha value is -3.31. The average molecular weight is 580 g/mol. The number of carbonyl (C=O) groups excluding carboxylic acids is 3. The second-order valence-electron chi connectivity index (χ2n) is 11.3. The summed E-state index contributed by atoms with van der Waals surface area (Å²) in [7, 11) is 0. The largest absolute Gasteiger partial charge is 0.350 e. The first-order valence-corrected chi connectivity index (χ1v) is 15.1. The summed E-state index contributed by atoms with van der Waals surface area (Å²) in [5.41, 5.74) is 20.6. The van der Waals surface area contributed by atoms with Crippen molar-refractivity contribution in [1.29, 1.82) is 0 Å². The Morgan fingerprint density at radius 1 is 0.905 bits per heavy atom. The smallest absolute Gasteiger partial charge is 0.242 e. The first-order chi connectivity index (χ1) is 20.3. The summed E-state index contributed by atoms with van der Waals surface area (Å²) < 4.78 is 0. The van der Waals surface area contributed by atoms with Crippen LogP contribution in [0.1, 0.15) is 49.3 Å². The van der Waals surface area contributed by atoms with Crippen LogP contribution in [-0.2, 0) is 33.9 Å². The number of benzene rings is 2. The molecule has 2 atom stereocenters. The van der Waals surface area contributed by atoms with Gasteiger partial charge in [0.25, 0.3) is 0 Å². The summed E-state index contributed by atoms with van der Waals surface area (Å²) in [6.45, 7) is 7.11. The van der Waals surface area contributed by atoms with Crippen LogP contribution in [0.15, 0.2) is 54.6 Å². The van der Waals surface area contributed by atoms with Crippen molar-refractivity contribution in [3.8, 4) is 0 Å². The van der Waals surface area contributed by atoms with E-state index in [1.165, 1.54) is 23.3 Å². The Balaban J connectivity index is 1.57. The van der Waals surface area contributed by atoms with E-state index in [0.717, 1.165) is 36.7 Å². The fourth-order valence-corrected chi connectivity index (χ4v) is 5.14. The first kappa shape index (κ1) is 33.2. The molecule has 10 nitrogen and oxygen atoms in total. The number of hydrogen-bond acceptors (Lipinski definition) is 7. The van der Waals surface area contributed by atoms with E-state index in [2.05, 4.69) is 34.6 Å². The van der Waals surface area contributed by atoms with Crippen molar-refractivity contribution in [2.75, 3.05) is 39.3 Å². The third kappa shape index (κ3) is 11.2. The zero-order valence-corrected chi connectivity index (χ0v) is 25.0. The van der Waals surface area contributed by atoms with Gasteiger partial charge in [-0.3, -0.25) is 19.3 Å². The van der Waals surface area contributed by atoms with Gasteiger partial charge in [0.15, 0.2) is 0 Å². The molecule has 42 heavy (non-hydrogen) atoms. The molecule has 3 amide bonds. The monoisotopic (exact) mass is 579 g/mol. The zero-order chi connectivity index (χ0) is 30.3. The Kier molecular flexibility index (Phi) is 13.9. The predicted octanol–water partition coefficient (Wildman–Crippen LogP) is 1.12. The molecule has 10 heteroatoms. The summed E-state index contributed by atoms with van der Waals surface area (Å²) in [5.74, 6) is -0.331. The van der Waals surface area contributed by atoms with Crippen LogP contribution in [0.4, 0.5) is 0 Å². The van der Waals surface area contributed by atoms with Crippen LogP contribution in [0.25, 0.3) is 0 Å². The van der Waals surface area contributed by atoms with Crippen molar-refractivity contribution in [1.82, 2.24) is 20.4 Å². The van der Waals surface area contributed by atoms with Crippen LogP contribution in [-0.4, -0.2) is 78.9 Å². The molecule has 1 heterocycles. The second-order valence-corrected chi connectivity index (χ2v) is 11.3. The van der Waals surface area contributed by atoms with Crippen molar-refractivity contribution in [2.45, 2.75) is 64.2 Å². The molecule has 1 fully saturated rings. The van der Waals surface area contributed by atoms with Crippen LogP contribution >= 0.6 is 0 Å². The van der Waals surface area contributed by atoms with E-state index < -0.39 is 18.0 Å². The summed E-state index contributed by atoms with van der Waals surface area (Å²) in [4.78, 5) is 42.9. The van der Waals surface area contributed by atoms with Crippen LogP contribution in [0, 0.1) is 5.92 Å². The highest BCUT2D eigenvalue weighted by atomic mass is 16.2. The Bertz CT molecular complexity index is 1100. The number of nitrogens with zero attached hydrogens (tertiary/aromatic N) is 2. The van der Waals surface area contributed by atoms with Gasteiger partial charge in [-0.05, 0) is 61.4 Å². The molecule has 3 rings (SSSR count). The summed E-state index contributed by atoms with van der Waals surface area (Å²) >= 11 is 0. The number of piperidine rings is 1. The van der Waals surface area contributed by atoms with Crippen molar-refractivity contribution in [3.05, 3.63) is 71.3 Å². The molecule has 0 aliphatic carbocycles. The topological polar surface area (TPSA) is 160 Å². The van der Waals surface area contributed by atoms with Crippen molar-refractivity contribution in [3.63, 3.8) is 0 Å². The Morgan fingerprint density at radius 3 is 2.14 bits per heavy atom. The van der Waals surface area contributed by atoms with Gasteiger partial charge in [0.1, 0.15) is 6.04 Å². The molecule has 0 saturated carbocycles. The van der Waals surface area contributed by atoms with Gasteiger partial charge in [-0.15, -0.1) is 0 Å². The highest BCUT2D eigenvalue weighted by Crippen LogP contribution is 2.18. The lowest BCUT2D eigenvalue weighted by molar-refractivity contribution is -0.135. The van der Waals surface area contributed by atoms with Crippen LogP contribution in [0.3, 0.4) is 0 Å². The van der Waals surface area contributed by atoms with Crippen LogP contribution < -0.4 is 27.8 Å². The first-order valence-electron chi connectivity index (χ1n) is 15.1. The lowest BCUT2D eigenvalue weighted by Gasteiger charge is -2.30. The van der Waals surface area contributed by atoms with Gasteiger partial charge >= 0.3 is 0 Å². The minimum atomic E-state index is -1.10. The number of likely N-dealkylation sites (tertiary alicyclic amines) is 1. The number of aryl methyl sites for hydroxylation is 1. The number of hydrogen-bond donors (Lipinski definition) is 5. The van der Waals surface area contributed by atoms with E-state index in [-0.39, 0.29) is 31.3 Å². The summed E-state index contributed by atoms with van der Waals surface area (Å²) in [6, 6.07) is 16.2. The molecule has 0 unspecified atom stereocenters. The Labute approximate surface area is 250 Å². The highest BCUT2D eigenvalue weighted by Gasteiger charge is 2.26. The molecule has 1 saturated heterocycles. The lowest BCUT2D eigenvalue weighted by atomic mass is 9.99. The zero-order valence-electron chi connectivity index (χ0n) is 25.0. The van der Waals surface area contributed by atoms with Gasteiger partial charge in [-0.1, -0.05) is 61.5 Å². The van der Waals surface area contributed by atoms with Gasteiger partial charge in [0.05, 0.1) is 12.5 Å². The van der Waals surface area contributed by atoms with Gasteiger partial charge < -0.3 is 32.7 Å². The molecule has 0 bridgehead atoms. The van der Waals surface area contributed by atoms with Gasteiger partial charge in [0.2, 0.25) is 17.7 Å². The van der Waals surface area contributed by atoms with Gasteiger partial charge in [-0.2, -0.15) is 0 Å². The summed E-state index contributed by atoms with van der Waals surface area (Å²) in [5, 5.41) is 5.76. The SMILES string of the molecule is CC1CCN(Cc2ccc(CNC(=O)[C@H](CCc3ccccc3)NC(=O)[C@@H](N)CC(=O)N(CCN)CCN)cc2)CC1. The maximum absolute atomic E-state index is 13.3. The number of rotatable bonds is 16. The molecule has 1 aliphatic rings. The van der Waals surface area contributed by atoms with Gasteiger partial charge in [-0.25, -0.2) is 0 Å². The minimum absolute atomic E-state index is 0.193. The molecular formula is C32H49N7O3. The molecule has 1 aliphatic heterocycles. The van der Waals surface area contributed by atoms with Gasteiger partial charge in [0, 0.05) is 39.3 Å². The molecular weight excluding hydrogens is 530 g/mol. The third-order valence-corrected chi connectivity index (χ3v) is 7.85. The average Bonchev–Trinajstić information content (AvgIpc) is 3.00. The van der Waals surface area contributed by atoms with Crippen molar-refractivity contribution < 1.29 is 14.4 Å². The maximum atomic E-state index is 13.3. The van der Waals surface area contributed by atoms with Crippen LogP contribution in [0.5, 0.6) is 0 Å². The molecule has 2 aromatic carbocycles. The van der Waals surface area contributed by atoms with E-state index in [1.54, 1.807) is 0 Å². The lowest BCUT2D eigenvalue weighted by Crippen LogP contribution is -2.53. The van der Waals surface area contributed by atoms with E-state index >= 15 is 0 Å². The standard InChI is InChI=1S/C32H49N7O3/c1-24-13-17-38(18-14-24)23-27-9-7-26(8-10-27)22-36-32(42)29(12-11-25-5-3-2-4-6-25)37-31(41)28(35)21-30(40)39(19-15-33)20-16-34/h2-10,24,28-29H,11-23,33-35H2,1H3,(H,36,42)(H,37,41)/t28-,29-/m0/s1. The number of carbonyl (C=O) groups is 3. The third-order valence-electron chi connectivity index (χ3n) is 7.85. The van der Waals surface area contributed by atoms with Crippen LogP contribution in [0.2, 0.25) is 0 Å². The number of amides is 3. The predicted molar refractivity (Wildman–Crippen MR) is 166 cm³/mol. The molecule has 0 aromatic heterocycles. The fraction of sp³-hybridized carbons (Fsp3) is 0.531. The summed E-state index contributed by atoms with van der Waals surface area (Å²) in [6.07, 6.45) is 3.28. The van der Waals surface area contributed by atoms with E-state index in [1.807, 2.05) is 42.5 Å². The normalized spacial score (nSPS) is 15.5. The second kappa shape index (κ2) is 17.6. The van der Waals surface area contributed by atoms with E-state index in [0.29, 0.717) is 32.5 Å². The molecule has 2 aromatic rings. The van der Waals surface area contributed by atoms with Crippen molar-refractivity contribution in [2.24, 2.45) is 23.1 Å². The number of nitrogens with two attached hydrogens (primary N) is 3.